The molecule has 0 aliphatic rings. The maximum Gasteiger partial charge on any atom is 0.0787 e. The summed E-state index contributed by atoms with van der Waals surface area (Å²) in [6.45, 7) is 8.36. The molecule has 0 radical (unpaired) electrons. The van der Waals surface area contributed by atoms with Gasteiger partial charge < -0.3 is 10.2 Å². The van der Waals surface area contributed by atoms with E-state index in [1.54, 1.807) is 0 Å². The third-order valence-corrected chi connectivity index (χ3v) is 4.81. The molecule has 2 aromatic carbocycles. The first-order valence-corrected chi connectivity index (χ1v) is 8.47. The Balaban J connectivity index is 2.26. The molecule has 2 aromatic rings. The Hall–Kier alpha value is -1.64. The van der Waals surface area contributed by atoms with Crippen molar-refractivity contribution >= 4 is 0 Å². The first-order chi connectivity index (χ1) is 10.9. The third-order valence-electron chi connectivity index (χ3n) is 4.81. The summed E-state index contributed by atoms with van der Waals surface area (Å²) in [4.78, 5) is 0. The Morgan fingerprint density at radius 3 is 1.26 bits per heavy atom. The molecule has 2 unspecified atom stereocenters. The van der Waals surface area contributed by atoms with Crippen LogP contribution in [0.2, 0.25) is 0 Å². The zero-order valence-corrected chi connectivity index (χ0v) is 14.6. The van der Waals surface area contributed by atoms with E-state index in [1.807, 2.05) is 38.1 Å². The van der Waals surface area contributed by atoms with Gasteiger partial charge in [-0.05, 0) is 35.1 Å². The first kappa shape index (κ1) is 17.7. The van der Waals surface area contributed by atoms with Crippen LogP contribution in [0.1, 0.15) is 75.0 Å². The zero-order chi connectivity index (χ0) is 17.0. The number of hydrogen-bond acceptors (Lipinski definition) is 2. The molecule has 2 N–H and O–H groups in total. The molecule has 2 rings (SSSR count). The molecular weight excluding hydrogens is 284 g/mol. The molecule has 124 valence electrons. The van der Waals surface area contributed by atoms with Crippen LogP contribution in [0.4, 0.5) is 0 Å². The average Bonchev–Trinajstić information content (AvgIpc) is 2.60. The Kier molecular flexibility index (Phi) is 5.61. The molecule has 0 spiro atoms. The summed E-state index contributed by atoms with van der Waals surface area (Å²) in [5, 5.41) is 19.8. The highest BCUT2D eigenvalue weighted by atomic mass is 16.3. The van der Waals surface area contributed by atoms with Crippen LogP contribution in [-0.4, -0.2) is 10.2 Å². The van der Waals surface area contributed by atoms with Gasteiger partial charge in [-0.3, -0.25) is 0 Å². The van der Waals surface area contributed by atoms with E-state index in [2.05, 4.69) is 38.1 Å². The fraction of sp³-hybridized carbons (Fsp3) is 0.429. The maximum absolute atomic E-state index is 9.92. The summed E-state index contributed by atoms with van der Waals surface area (Å²) in [6, 6.07) is 16.5. The van der Waals surface area contributed by atoms with Gasteiger partial charge in [-0.15, -0.1) is 0 Å². The maximum atomic E-state index is 9.92. The van der Waals surface area contributed by atoms with Crippen molar-refractivity contribution in [1.82, 2.24) is 0 Å². The van der Waals surface area contributed by atoms with Crippen molar-refractivity contribution in [2.45, 2.75) is 58.2 Å². The van der Waals surface area contributed by atoms with Gasteiger partial charge in [-0.25, -0.2) is 0 Å². The Labute approximate surface area is 139 Å². The van der Waals surface area contributed by atoms with E-state index in [9.17, 15) is 10.2 Å². The van der Waals surface area contributed by atoms with Crippen molar-refractivity contribution in [3.05, 3.63) is 70.8 Å². The lowest BCUT2D eigenvalue weighted by Crippen LogP contribution is -2.19. The van der Waals surface area contributed by atoms with Crippen molar-refractivity contribution in [2.75, 3.05) is 0 Å². The topological polar surface area (TPSA) is 40.5 Å². The molecule has 0 aliphatic heterocycles. The van der Waals surface area contributed by atoms with Crippen LogP contribution >= 0.6 is 0 Å². The summed E-state index contributed by atoms with van der Waals surface area (Å²) in [7, 11) is 0. The molecule has 2 heteroatoms. The van der Waals surface area contributed by atoms with Gasteiger partial charge in [0.1, 0.15) is 0 Å². The number of hydrogen-bond donors (Lipinski definition) is 2. The molecule has 2 nitrogen and oxygen atoms in total. The molecule has 2 atom stereocenters. The second kappa shape index (κ2) is 7.29. The van der Waals surface area contributed by atoms with Gasteiger partial charge in [-0.1, -0.05) is 76.2 Å². The predicted molar refractivity (Wildman–Crippen MR) is 95.5 cm³/mol. The van der Waals surface area contributed by atoms with E-state index in [1.165, 1.54) is 11.1 Å². The van der Waals surface area contributed by atoms with Gasteiger partial charge in [0.25, 0.3) is 0 Å². The van der Waals surface area contributed by atoms with Gasteiger partial charge in [0.15, 0.2) is 0 Å². The fourth-order valence-electron chi connectivity index (χ4n) is 2.88. The zero-order valence-electron chi connectivity index (χ0n) is 14.6. The van der Waals surface area contributed by atoms with E-state index >= 15 is 0 Å². The van der Waals surface area contributed by atoms with Crippen molar-refractivity contribution in [1.29, 1.82) is 0 Å². The first-order valence-electron chi connectivity index (χ1n) is 8.47. The van der Waals surface area contributed by atoms with Crippen LogP contribution in [0.5, 0.6) is 0 Å². The SMILES string of the molecule is CCC(O)c1ccc(C(C)(C)c2ccc(C(O)CC)cc2)cc1. The molecule has 0 aliphatic carbocycles. The second-order valence-electron chi connectivity index (χ2n) is 6.72. The van der Waals surface area contributed by atoms with E-state index in [4.69, 9.17) is 0 Å². The summed E-state index contributed by atoms with van der Waals surface area (Å²) in [5.74, 6) is 0. The summed E-state index contributed by atoms with van der Waals surface area (Å²) in [6.07, 6.45) is 0.678. The van der Waals surface area contributed by atoms with Gasteiger partial charge in [0, 0.05) is 5.41 Å². The van der Waals surface area contributed by atoms with Crippen molar-refractivity contribution in [3.8, 4) is 0 Å². The van der Waals surface area contributed by atoms with Crippen LogP contribution in [0.25, 0.3) is 0 Å². The molecule has 0 aromatic heterocycles. The summed E-state index contributed by atoms with van der Waals surface area (Å²) < 4.78 is 0. The highest BCUT2D eigenvalue weighted by Gasteiger charge is 2.23. The lowest BCUT2D eigenvalue weighted by atomic mass is 9.77. The quantitative estimate of drug-likeness (QED) is 0.796. The lowest BCUT2D eigenvalue weighted by Gasteiger charge is -2.27. The molecule has 0 saturated heterocycles. The summed E-state index contributed by atoms with van der Waals surface area (Å²) in [5.41, 5.74) is 4.24. The molecule has 0 fully saturated rings. The Bertz CT molecular complexity index is 556. The number of aliphatic hydroxyl groups is 2. The van der Waals surface area contributed by atoms with Crippen LogP contribution in [-0.2, 0) is 5.41 Å². The number of rotatable bonds is 6. The van der Waals surface area contributed by atoms with Crippen LogP contribution < -0.4 is 0 Å². The lowest BCUT2D eigenvalue weighted by molar-refractivity contribution is 0.173. The molecule has 23 heavy (non-hydrogen) atoms. The van der Waals surface area contributed by atoms with E-state index in [-0.39, 0.29) is 17.6 Å². The average molecular weight is 312 g/mol. The standard InChI is InChI=1S/C21H28O2/c1-5-19(22)15-7-11-17(12-8-15)21(3,4)18-13-9-16(10-14-18)20(23)6-2/h7-14,19-20,22-23H,5-6H2,1-4H3. The molecule has 0 saturated carbocycles. The summed E-state index contributed by atoms with van der Waals surface area (Å²) >= 11 is 0. The van der Waals surface area contributed by atoms with Crippen molar-refractivity contribution < 1.29 is 10.2 Å². The second-order valence-corrected chi connectivity index (χ2v) is 6.72. The van der Waals surface area contributed by atoms with E-state index < -0.39 is 0 Å². The minimum atomic E-state index is -0.387. The van der Waals surface area contributed by atoms with Gasteiger partial charge in [0.2, 0.25) is 0 Å². The van der Waals surface area contributed by atoms with Crippen LogP contribution in [0, 0.1) is 0 Å². The normalized spacial score (nSPS) is 14.5. The largest absolute Gasteiger partial charge is 0.388 e. The molecule has 0 amide bonds. The van der Waals surface area contributed by atoms with Crippen LogP contribution in [0.15, 0.2) is 48.5 Å². The predicted octanol–water partition coefficient (Wildman–Crippen LogP) is 4.90. The van der Waals surface area contributed by atoms with E-state index in [0.29, 0.717) is 0 Å². The minimum absolute atomic E-state index is 0.120. The Morgan fingerprint density at radius 2 is 1.00 bits per heavy atom. The van der Waals surface area contributed by atoms with Gasteiger partial charge in [-0.2, -0.15) is 0 Å². The monoisotopic (exact) mass is 312 g/mol. The highest BCUT2D eigenvalue weighted by molar-refractivity contribution is 5.40. The van der Waals surface area contributed by atoms with Crippen molar-refractivity contribution in [2.24, 2.45) is 0 Å². The van der Waals surface area contributed by atoms with Gasteiger partial charge >= 0.3 is 0 Å². The minimum Gasteiger partial charge on any atom is -0.388 e. The highest BCUT2D eigenvalue weighted by Crippen LogP contribution is 2.33. The molecule has 0 heterocycles. The van der Waals surface area contributed by atoms with E-state index in [0.717, 1.165) is 24.0 Å². The number of aliphatic hydroxyl groups excluding tert-OH is 2. The molecule has 0 bridgehead atoms. The molecular formula is C21H28O2. The fourth-order valence-corrected chi connectivity index (χ4v) is 2.88. The number of benzene rings is 2. The van der Waals surface area contributed by atoms with Crippen molar-refractivity contribution in [3.63, 3.8) is 0 Å². The smallest absolute Gasteiger partial charge is 0.0787 e. The van der Waals surface area contributed by atoms with Gasteiger partial charge in [0.05, 0.1) is 12.2 Å². The Morgan fingerprint density at radius 1 is 0.696 bits per heavy atom. The van der Waals surface area contributed by atoms with Crippen LogP contribution in [0.3, 0.4) is 0 Å². The third kappa shape index (κ3) is 3.82.